The number of carbonyl (C=O) groups is 2. The fourth-order valence-electron chi connectivity index (χ4n) is 1.62. The van der Waals surface area contributed by atoms with Crippen molar-refractivity contribution in [2.45, 2.75) is 25.8 Å². The highest BCUT2D eigenvalue weighted by Gasteiger charge is 2.37. The van der Waals surface area contributed by atoms with Crippen LogP contribution in [0.3, 0.4) is 0 Å². The quantitative estimate of drug-likeness (QED) is 0.862. The van der Waals surface area contributed by atoms with Gasteiger partial charge in [-0.25, -0.2) is 9.59 Å². The maximum Gasteiger partial charge on any atom is 0.329 e. The number of carbonyl (C=O) groups excluding carboxylic acids is 1. The monoisotopic (exact) mass is 275 g/mol. The van der Waals surface area contributed by atoms with Crippen LogP contribution in [0.1, 0.15) is 20.3 Å². The lowest BCUT2D eigenvalue weighted by atomic mass is 10.0. The van der Waals surface area contributed by atoms with E-state index >= 15 is 0 Å². The van der Waals surface area contributed by atoms with E-state index in [-0.39, 0.29) is 13.0 Å². The van der Waals surface area contributed by atoms with E-state index in [2.05, 4.69) is 5.32 Å². The first kappa shape index (κ1) is 15.5. The number of benzene rings is 1. The number of para-hydroxylation sites is 1. The Bertz CT molecular complexity index is 520. The van der Waals surface area contributed by atoms with Gasteiger partial charge in [0.25, 0.3) is 0 Å². The van der Waals surface area contributed by atoms with Gasteiger partial charge in [-0.3, -0.25) is 0 Å². The molecule has 0 aliphatic heterocycles. The summed E-state index contributed by atoms with van der Waals surface area (Å²) in [5.74, 6) is -1.13. The van der Waals surface area contributed by atoms with Crippen molar-refractivity contribution in [2.24, 2.45) is 0 Å². The van der Waals surface area contributed by atoms with E-state index < -0.39 is 17.5 Å². The average molecular weight is 275 g/mol. The molecule has 0 aliphatic rings. The Kier molecular flexibility index (Phi) is 5.09. The lowest BCUT2D eigenvalue weighted by Crippen LogP contribution is -2.54. The molecule has 0 radical (unpaired) electrons. The van der Waals surface area contributed by atoms with Crippen LogP contribution in [0.2, 0.25) is 0 Å². The number of hydrogen-bond donors (Lipinski definition) is 2. The summed E-state index contributed by atoms with van der Waals surface area (Å²) in [6, 6.07) is 10.1. The Balaban J connectivity index is 2.91. The van der Waals surface area contributed by atoms with Gasteiger partial charge in [-0.05, 0) is 26.0 Å². The predicted molar refractivity (Wildman–Crippen MR) is 74.1 cm³/mol. The molecule has 6 heteroatoms. The first-order valence-corrected chi connectivity index (χ1v) is 6.13. The van der Waals surface area contributed by atoms with Crippen LogP contribution in [0.25, 0.3) is 0 Å². The zero-order valence-corrected chi connectivity index (χ0v) is 11.5. The minimum atomic E-state index is -1.39. The Hall–Kier alpha value is -2.55. The van der Waals surface area contributed by atoms with E-state index in [1.54, 1.807) is 24.3 Å². The van der Waals surface area contributed by atoms with Crippen LogP contribution >= 0.6 is 0 Å². The van der Waals surface area contributed by atoms with Gasteiger partial charge in [0.2, 0.25) is 0 Å². The molecule has 0 aromatic heterocycles. The van der Waals surface area contributed by atoms with Crippen molar-refractivity contribution in [2.75, 3.05) is 11.9 Å². The van der Waals surface area contributed by atoms with Crippen LogP contribution < -0.4 is 5.32 Å². The Morgan fingerprint density at radius 1 is 1.35 bits per heavy atom. The van der Waals surface area contributed by atoms with Crippen molar-refractivity contribution < 1.29 is 14.7 Å². The molecule has 2 N–H and O–H groups in total. The fraction of sp³-hybridized carbons (Fsp3) is 0.357. The maximum atomic E-state index is 12.2. The van der Waals surface area contributed by atoms with Crippen LogP contribution in [0.4, 0.5) is 10.5 Å². The number of aliphatic carboxylic acids is 1. The standard InChI is InChI=1S/C14H17N3O3/c1-14(2,12(18)19)17(10-6-9-15)13(20)16-11-7-4-3-5-8-11/h3-5,7-8H,6,10H2,1-2H3,(H,16,20)(H,18,19). The van der Waals surface area contributed by atoms with E-state index in [9.17, 15) is 14.7 Å². The second kappa shape index (κ2) is 6.57. The minimum absolute atomic E-state index is 0.0501. The zero-order valence-electron chi connectivity index (χ0n) is 11.5. The normalized spacial score (nSPS) is 10.4. The predicted octanol–water partition coefficient (Wildman–Crippen LogP) is 2.30. The molecule has 0 fully saturated rings. The Morgan fingerprint density at radius 2 is 1.95 bits per heavy atom. The van der Waals surface area contributed by atoms with E-state index in [0.717, 1.165) is 4.90 Å². The van der Waals surface area contributed by atoms with Gasteiger partial charge >= 0.3 is 12.0 Å². The molecule has 0 bridgehead atoms. The highest BCUT2D eigenvalue weighted by Crippen LogP contribution is 2.17. The van der Waals surface area contributed by atoms with Crippen molar-refractivity contribution in [1.82, 2.24) is 4.90 Å². The molecule has 20 heavy (non-hydrogen) atoms. The van der Waals surface area contributed by atoms with Gasteiger partial charge in [0.15, 0.2) is 0 Å². The highest BCUT2D eigenvalue weighted by molar-refractivity contribution is 5.93. The minimum Gasteiger partial charge on any atom is -0.480 e. The summed E-state index contributed by atoms with van der Waals surface area (Å²) in [6.45, 7) is 2.91. The summed E-state index contributed by atoms with van der Waals surface area (Å²) in [5.41, 5.74) is -0.823. The van der Waals surface area contributed by atoms with Gasteiger partial charge in [0.05, 0.1) is 12.5 Å². The molecule has 1 aromatic rings. The first-order chi connectivity index (χ1) is 9.39. The first-order valence-electron chi connectivity index (χ1n) is 6.13. The number of amides is 2. The number of anilines is 1. The van der Waals surface area contributed by atoms with Crippen molar-refractivity contribution >= 4 is 17.7 Å². The number of carboxylic acid groups (broad SMARTS) is 1. The zero-order chi connectivity index (χ0) is 15.2. The average Bonchev–Trinajstić information content (AvgIpc) is 2.39. The van der Waals surface area contributed by atoms with Gasteiger partial charge in [0, 0.05) is 12.2 Å². The second-order valence-electron chi connectivity index (χ2n) is 4.72. The lowest BCUT2D eigenvalue weighted by molar-refractivity contribution is -0.147. The molecule has 0 spiro atoms. The molecule has 0 saturated heterocycles. The summed E-state index contributed by atoms with van der Waals surface area (Å²) >= 11 is 0. The number of nitriles is 1. The van der Waals surface area contributed by atoms with Crippen molar-refractivity contribution in [3.8, 4) is 6.07 Å². The number of urea groups is 1. The van der Waals surface area contributed by atoms with E-state index in [0.29, 0.717) is 5.69 Å². The third kappa shape index (κ3) is 3.72. The smallest absolute Gasteiger partial charge is 0.329 e. The van der Waals surface area contributed by atoms with Gasteiger partial charge in [0.1, 0.15) is 5.54 Å². The van der Waals surface area contributed by atoms with Gasteiger partial charge in [-0.1, -0.05) is 18.2 Å². The van der Waals surface area contributed by atoms with Crippen LogP contribution in [-0.4, -0.2) is 34.1 Å². The molecule has 0 unspecified atom stereocenters. The largest absolute Gasteiger partial charge is 0.480 e. The number of hydrogen-bond acceptors (Lipinski definition) is 3. The van der Waals surface area contributed by atoms with Crippen molar-refractivity contribution in [3.05, 3.63) is 30.3 Å². The van der Waals surface area contributed by atoms with Crippen LogP contribution in [0.5, 0.6) is 0 Å². The summed E-state index contributed by atoms with van der Waals surface area (Å²) < 4.78 is 0. The van der Waals surface area contributed by atoms with Crippen molar-refractivity contribution in [3.63, 3.8) is 0 Å². The Labute approximate surface area is 117 Å². The number of carboxylic acids is 1. The topological polar surface area (TPSA) is 93.4 Å². The number of nitrogens with one attached hydrogen (secondary N) is 1. The maximum absolute atomic E-state index is 12.2. The van der Waals surface area contributed by atoms with Gasteiger partial charge < -0.3 is 15.3 Å². The molecule has 106 valence electrons. The molecular formula is C14H17N3O3. The molecule has 0 aliphatic carbocycles. The SMILES string of the molecule is CC(C)(C(=O)O)N(CCC#N)C(=O)Nc1ccccc1. The van der Waals surface area contributed by atoms with E-state index in [1.807, 2.05) is 12.1 Å². The summed E-state index contributed by atoms with van der Waals surface area (Å²) in [6.07, 6.45) is 0.0684. The third-order valence-corrected chi connectivity index (χ3v) is 2.92. The van der Waals surface area contributed by atoms with Gasteiger partial charge in [-0.2, -0.15) is 5.26 Å². The second-order valence-corrected chi connectivity index (χ2v) is 4.72. The fourth-order valence-corrected chi connectivity index (χ4v) is 1.62. The molecule has 6 nitrogen and oxygen atoms in total. The number of nitrogens with zero attached hydrogens (tertiary/aromatic N) is 2. The summed E-state index contributed by atoms with van der Waals surface area (Å²) in [5, 5.41) is 20.5. The highest BCUT2D eigenvalue weighted by atomic mass is 16.4. The Morgan fingerprint density at radius 3 is 2.45 bits per heavy atom. The molecule has 0 atom stereocenters. The van der Waals surface area contributed by atoms with Gasteiger partial charge in [-0.15, -0.1) is 0 Å². The van der Waals surface area contributed by atoms with E-state index in [1.165, 1.54) is 13.8 Å². The molecule has 0 saturated carbocycles. The van der Waals surface area contributed by atoms with Crippen LogP contribution in [0, 0.1) is 11.3 Å². The summed E-state index contributed by atoms with van der Waals surface area (Å²) in [4.78, 5) is 24.6. The molecule has 1 rings (SSSR count). The number of rotatable bonds is 5. The molecule has 1 aromatic carbocycles. The third-order valence-electron chi connectivity index (χ3n) is 2.92. The van der Waals surface area contributed by atoms with Crippen LogP contribution in [-0.2, 0) is 4.79 Å². The molecular weight excluding hydrogens is 258 g/mol. The van der Waals surface area contributed by atoms with Crippen molar-refractivity contribution in [1.29, 1.82) is 5.26 Å². The summed E-state index contributed by atoms with van der Waals surface area (Å²) in [7, 11) is 0. The van der Waals surface area contributed by atoms with E-state index in [4.69, 9.17) is 5.26 Å². The molecule has 2 amide bonds. The lowest BCUT2D eigenvalue weighted by Gasteiger charge is -2.34. The van der Waals surface area contributed by atoms with Crippen LogP contribution in [0.15, 0.2) is 30.3 Å². The molecule has 0 heterocycles.